The van der Waals surface area contributed by atoms with E-state index in [-0.39, 0.29) is 0 Å². The molecule has 0 amide bonds. The third-order valence-electron chi connectivity index (χ3n) is 2.11. The molecule has 1 heterocycles. The van der Waals surface area contributed by atoms with Crippen LogP contribution in [0.15, 0.2) is 12.4 Å². The van der Waals surface area contributed by atoms with Crippen molar-refractivity contribution in [2.75, 3.05) is 0 Å². The monoisotopic (exact) mass is 302 g/mol. The molecule has 1 aromatic heterocycles. The van der Waals surface area contributed by atoms with Crippen LogP contribution in [-0.4, -0.2) is 28.4 Å². The molecule has 5 nitrogen and oxygen atoms in total. The van der Waals surface area contributed by atoms with Crippen molar-refractivity contribution in [2.24, 2.45) is 0 Å². The van der Waals surface area contributed by atoms with Crippen LogP contribution in [0.4, 0.5) is 13.2 Å². The number of hydrogen-bond acceptors (Lipinski definition) is 3. The number of alkyl halides is 3. The Morgan fingerprint density at radius 3 is 2.26 bits per heavy atom. The number of aryl methyl sites for hydroxylation is 1. The van der Waals surface area contributed by atoms with E-state index < -0.39 is 15.6 Å². The molecule has 0 saturated carbocycles. The number of unbranched alkanes of at least 4 members (excludes halogenated alkanes) is 3. The van der Waals surface area contributed by atoms with Gasteiger partial charge in [0.05, 0.1) is 0 Å². The highest BCUT2D eigenvalue weighted by molar-refractivity contribution is 7.86. The molecular formula is C10H17F3N2O3S. The summed E-state index contributed by atoms with van der Waals surface area (Å²) in [5, 5.41) is 0. The van der Waals surface area contributed by atoms with E-state index in [0.29, 0.717) is 0 Å². The van der Waals surface area contributed by atoms with Crippen molar-refractivity contribution in [1.29, 1.82) is 0 Å². The van der Waals surface area contributed by atoms with E-state index in [1.807, 2.05) is 12.4 Å². The molecule has 0 unspecified atom stereocenters. The van der Waals surface area contributed by atoms with Crippen LogP contribution in [-0.2, 0) is 16.5 Å². The van der Waals surface area contributed by atoms with Crippen molar-refractivity contribution < 1.29 is 26.1 Å². The number of nitrogens with one attached hydrogen (secondary N) is 1. The van der Waals surface area contributed by atoms with Gasteiger partial charge in [-0.2, -0.15) is 21.6 Å². The third kappa shape index (κ3) is 8.60. The molecule has 0 fully saturated rings. The number of halogens is 3. The number of H-pyrrole nitrogens is 1. The maximum Gasteiger partial charge on any atom is 0.522 e. The van der Waals surface area contributed by atoms with E-state index in [0.717, 1.165) is 12.2 Å². The molecular weight excluding hydrogens is 285 g/mol. The van der Waals surface area contributed by atoms with Crippen LogP contribution >= 0.6 is 0 Å². The molecule has 1 aromatic rings. The van der Waals surface area contributed by atoms with Gasteiger partial charge >= 0.3 is 15.6 Å². The Bertz CT molecular complexity index is 429. The predicted molar refractivity (Wildman–Crippen MR) is 64.0 cm³/mol. The minimum atomic E-state index is -5.84. The number of imidazole rings is 1. The minimum Gasteiger partial charge on any atom is -0.349 e. The number of rotatable bonds is 5. The molecule has 0 aliphatic heterocycles. The van der Waals surface area contributed by atoms with Crippen molar-refractivity contribution >= 4 is 10.1 Å². The molecule has 0 radical (unpaired) electrons. The Kier molecular flexibility index (Phi) is 7.69. The van der Waals surface area contributed by atoms with Crippen molar-refractivity contribution in [3.05, 3.63) is 18.2 Å². The van der Waals surface area contributed by atoms with E-state index in [1.165, 1.54) is 25.7 Å². The summed E-state index contributed by atoms with van der Waals surface area (Å²) in [5.74, 6) is 1.13. The van der Waals surface area contributed by atoms with Crippen LogP contribution in [0.5, 0.6) is 0 Å². The van der Waals surface area contributed by atoms with Gasteiger partial charge in [0.25, 0.3) is 0 Å². The van der Waals surface area contributed by atoms with E-state index >= 15 is 0 Å². The second kappa shape index (κ2) is 8.16. The van der Waals surface area contributed by atoms with Gasteiger partial charge in [0.15, 0.2) is 0 Å². The summed E-state index contributed by atoms with van der Waals surface area (Å²) in [6.45, 7) is 2.23. The molecule has 0 bridgehead atoms. The summed E-state index contributed by atoms with van der Waals surface area (Å²) in [5.41, 5.74) is -5.53. The zero-order chi connectivity index (χ0) is 14.9. The largest absolute Gasteiger partial charge is 0.522 e. The van der Waals surface area contributed by atoms with Crippen LogP contribution in [0.3, 0.4) is 0 Å². The first-order valence-corrected chi connectivity index (χ1v) is 7.14. The topological polar surface area (TPSA) is 83.0 Å². The van der Waals surface area contributed by atoms with E-state index in [2.05, 4.69) is 16.9 Å². The highest BCUT2D eigenvalue weighted by Crippen LogP contribution is 2.20. The Balaban J connectivity index is 0.000000362. The van der Waals surface area contributed by atoms with Crippen LogP contribution in [0.2, 0.25) is 0 Å². The molecule has 0 aliphatic carbocycles. The Hall–Kier alpha value is -1.09. The van der Waals surface area contributed by atoms with Gasteiger partial charge in [0.2, 0.25) is 0 Å². The van der Waals surface area contributed by atoms with Crippen molar-refractivity contribution in [2.45, 2.75) is 44.5 Å². The summed E-state index contributed by atoms with van der Waals surface area (Å²) in [6.07, 6.45) is 10.1. The summed E-state index contributed by atoms with van der Waals surface area (Å²) in [4.78, 5) is 7.26. The zero-order valence-electron chi connectivity index (χ0n) is 10.4. The normalized spacial score (nSPS) is 11.8. The summed E-state index contributed by atoms with van der Waals surface area (Å²) in [6, 6.07) is 0. The lowest BCUT2D eigenvalue weighted by Crippen LogP contribution is -2.21. The molecule has 112 valence electrons. The van der Waals surface area contributed by atoms with Crippen molar-refractivity contribution in [1.82, 2.24) is 9.97 Å². The maximum absolute atomic E-state index is 10.7. The lowest BCUT2D eigenvalue weighted by molar-refractivity contribution is -0.0510. The first-order valence-electron chi connectivity index (χ1n) is 5.70. The molecule has 0 spiro atoms. The van der Waals surface area contributed by atoms with Crippen molar-refractivity contribution in [3.63, 3.8) is 0 Å². The fourth-order valence-electron chi connectivity index (χ4n) is 1.15. The third-order valence-corrected chi connectivity index (χ3v) is 2.70. The van der Waals surface area contributed by atoms with E-state index in [1.54, 1.807) is 0 Å². The van der Waals surface area contributed by atoms with Gasteiger partial charge in [0.1, 0.15) is 5.82 Å². The molecule has 0 atom stereocenters. The van der Waals surface area contributed by atoms with Gasteiger partial charge in [0, 0.05) is 18.8 Å². The molecule has 19 heavy (non-hydrogen) atoms. The molecule has 9 heteroatoms. The highest BCUT2D eigenvalue weighted by atomic mass is 32.2. The minimum absolute atomic E-state index is 1.10. The highest BCUT2D eigenvalue weighted by Gasteiger charge is 2.44. The average molecular weight is 302 g/mol. The van der Waals surface area contributed by atoms with Gasteiger partial charge in [-0.15, -0.1) is 0 Å². The summed E-state index contributed by atoms with van der Waals surface area (Å²) < 4.78 is 57.5. The Morgan fingerprint density at radius 2 is 1.89 bits per heavy atom. The quantitative estimate of drug-likeness (QED) is 0.497. The molecule has 0 aliphatic rings. The fraction of sp³-hybridized carbons (Fsp3) is 0.700. The summed E-state index contributed by atoms with van der Waals surface area (Å²) in [7, 11) is -5.84. The lowest BCUT2D eigenvalue weighted by atomic mass is 10.1. The Morgan fingerprint density at radius 1 is 1.32 bits per heavy atom. The number of hydrogen-bond donors (Lipinski definition) is 2. The smallest absolute Gasteiger partial charge is 0.349 e. The molecule has 0 saturated heterocycles. The number of aromatic amines is 1. The van der Waals surface area contributed by atoms with Crippen molar-refractivity contribution in [3.8, 4) is 0 Å². The van der Waals surface area contributed by atoms with Crippen LogP contribution in [0, 0.1) is 0 Å². The van der Waals surface area contributed by atoms with Crippen LogP contribution in [0.25, 0.3) is 0 Å². The van der Waals surface area contributed by atoms with Crippen LogP contribution < -0.4 is 0 Å². The zero-order valence-corrected chi connectivity index (χ0v) is 11.3. The van der Waals surface area contributed by atoms with Gasteiger partial charge in [-0.05, 0) is 6.42 Å². The maximum atomic E-state index is 10.7. The molecule has 1 rings (SSSR count). The van der Waals surface area contributed by atoms with Gasteiger partial charge in [-0.1, -0.05) is 26.2 Å². The average Bonchev–Trinajstić information content (AvgIpc) is 2.75. The standard InChI is InChI=1S/C9H16N2.CHF3O3S/c1-2-3-4-5-6-9-10-7-8-11-9;2-1(3,4)8(5,6)7/h7-8H,2-6H2,1H3,(H,10,11);(H,5,6,7). The SMILES string of the molecule is CCCCCCc1ncc[nH]1.O=S(=O)(O)C(F)(F)F. The predicted octanol–water partition coefficient (Wildman–Crippen LogP) is 2.93. The van der Waals surface area contributed by atoms with Gasteiger partial charge in [-0.25, -0.2) is 4.98 Å². The number of aromatic nitrogens is 2. The second-order valence-corrected chi connectivity index (χ2v) is 5.18. The molecule has 2 N–H and O–H groups in total. The Labute approximate surface area is 110 Å². The van der Waals surface area contributed by atoms with Crippen LogP contribution in [0.1, 0.15) is 38.4 Å². The van der Waals surface area contributed by atoms with Gasteiger partial charge in [-0.3, -0.25) is 4.55 Å². The second-order valence-electron chi connectivity index (χ2n) is 3.77. The van der Waals surface area contributed by atoms with E-state index in [9.17, 15) is 13.2 Å². The van der Waals surface area contributed by atoms with E-state index in [4.69, 9.17) is 13.0 Å². The lowest BCUT2D eigenvalue weighted by Gasteiger charge is -1.97. The number of nitrogens with zero attached hydrogens (tertiary/aromatic N) is 1. The first kappa shape index (κ1) is 17.9. The fourth-order valence-corrected chi connectivity index (χ4v) is 1.15. The first-order chi connectivity index (χ1) is 8.68. The molecule has 0 aromatic carbocycles. The summed E-state index contributed by atoms with van der Waals surface area (Å²) >= 11 is 0. The van der Waals surface area contributed by atoms with Gasteiger partial charge < -0.3 is 4.98 Å².